The number of anilines is 1. The van der Waals surface area contributed by atoms with Gasteiger partial charge in [-0.1, -0.05) is 24.3 Å². The lowest BCUT2D eigenvalue weighted by atomic mass is 10.0. The summed E-state index contributed by atoms with van der Waals surface area (Å²) in [5.74, 6) is -1.13. The van der Waals surface area contributed by atoms with Crippen molar-refractivity contribution < 1.29 is 33.0 Å². The van der Waals surface area contributed by atoms with E-state index in [4.69, 9.17) is 9.47 Å². The standard InChI is InChI=1S/C27H31FN6O5.C16H22N4O2/c28-23-6-5-19(16-24-20-3-1-2-4-21(20)26(37)32-31-24)15-22(23)27(38)34-11-9-33(10-12-34)25(36)17-29-7-13-39-14-8-30-18-35;1-6-20-10-13(9-18-20)12-7-14(11(2)17-8-12)19-15(21)22-16(3,4)5/h1-6,15,18,29H,7-14,16-17H2,(H,30,35)(H,32,37);7-10H,6H2,1-5H3,(H,19,21). The molecular formula is C43H53FN10O7. The quantitative estimate of drug-likeness (QED) is 0.0879. The summed E-state index contributed by atoms with van der Waals surface area (Å²) in [6, 6.07) is 13.4. The molecule has 4 N–H and O–H groups in total. The van der Waals surface area contributed by atoms with Crippen LogP contribution in [0, 0.1) is 12.7 Å². The predicted octanol–water partition coefficient (Wildman–Crippen LogP) is 3.91. The van der Waals surface area contributed by atoms with Gasteiger partial charge in [0.05, 0.1) is 54.0 Å². The summed E-state index contributed by atoms with van der Waals surface area (Å²) < 4.78 is 27.1. The summed E-state index contributed by atoms with van der Waals surface area (Å²) in [6.45, 7) is 13.3. The first-order valence-electron chi connectivity index (χ1n) is 20.0. The Kier molecular flexibility index (Phi) is 16.2. The molecule has 2 aromatic carbocycles. The number of carbonyl (C=O) groups is 4. The molecule has 61 heavy (non-hydrogen) atoms. The number of benzene rings is 2. The minimum Gasteiger partial charge on any atom is -0.444 e. The van der Waals surface area contributed by atoms with Crippen molar-refractivity contribution in [2.75, 3.05) is 64.3 Å². The third-order valence-electron chi connectivity index (χ3n) is 9.51. The summed E-state index contributed by atoms with van der Waals surface area (Å²) in [5, 5.41) is 20.4. The number of aromatic amines is 1. The molecule has 4 amide bonds. The van der Waals surface area contributed by atoms with Crippen molar-refractivity contribution in [3.63, 3.8) is 0 Å². The van der Waals surface area contributed by atoms with Gasteiger partial charge in [0.2, 0.25) is 12.3 Å². The zero-order chi connectivity index (χ0) is 43.9. The van der Waals surface area contributed by atoms with Gasteiger partial charge in [-0.25, -0.2) is 14.3 Å². The maximum Gasteiger partial charge on any atom is 0.412 e. The van der Waals surface area contributed by atoms with Crippen molar-refractivity contribution in [1.82, 2.24) is 45.4 Å². The van der Waals surface area contributed by atoms with Crippen LogP contribution >= 0.6 is 0 Å². The topological polar surface area (TPSA) is 206 Å². The highest BCUT2D eigenvalue weighted by Crippen LogP contribution is 2.24. The lowest BCUT2D eigenvalue weighted by molar-refractivity contribution is -0.131. The van der Waals surface area contributed by atoms with Gasteiger partial charge in [0.15, 0.2) is 0 Å². The molecule has 0 bridgehead atoms. The van der Waals surface area contributed by atoms with Crippen molar-refractivity contribution in [2.24, 2.45) is 0 Å². The van der Waals surface area contributed by atoms with Crippen LogP contribution in [0.15, 0.2) is 71.9 Å². The molecule has 0 atom stereocenters. The second-order valence-corrected chi connectivity index (χ2v) is 15.1. The number of nitrogens with one attached hydrogen (secondary N) is 4. The van der Waals surface area contributed by atoms with E-state index in [1.807, 2.05) is 63.7 Å². The molecule has 18 heteroatoms. The average molecular weight is 841 g/mol. The maximum atomic E-state index is 14.7. The fraction of sp³-hybridized carbons (Fsp3) is 0.395. The molecule has 3 aromatic heterocycles. The van der Waals surface area contributed by atoms with E-state index in [-0.39, 0.29) is 23.6 Å². The normalized spacial score (nSPS) is 12.7. The smallest absolute Gasteiger partial charge is 0.412 e. The number of H-pyrrole nitrogens is 1. The van der Waals surface area contributed by atoms with Crippen LogP contribution in [0.3, 0.4) is 0 Å². The number of rotatable bonds is 15. The number of carbonyl (C=O) groups excluding carboxylic acids is 4. The number of nitrogens with zero attached hydrogens (tertiary/aromatic N) is 6. The van der Waals surface area contributed by atoms with Crippen LogP contribution in [0.5, 0.6) is 0 Å². The van der Waals surface area contributed by atoms with E-state index >= 15 is 0 Å². The molecule has 1 fully saturated rings. The third-order valence-corrected chi connectivity index (χ3v) is 9.51. The molecule has 0 aliphatic carbocycles. The molecule has 0 unspecified atom stereocenters. The highest BCUT2D eigenvalue weighted by Gasteiger charge is 2.26. The van der Waals surface area contributed by atoms with Gasteiger partial charge in [0, 0.05) is 81.1 Å². The minimum absolute atomic E-state index is 0.0361. The Bertz CT molecular complexity index is 2350. The fourth-order valence-corrected chi connectivity index (χ4v) is 6.34. The lowest BCUT2D eigenvalue weighted by Crippen LogP contribution is -2.52. The zero-order valence-electron chi connectivity index (χ0n) is 35.1. The Labute approximate surface area is 353 Å². The van der Waals surface area contributed by atoms with Gasteiger partial charge in [-0.2, -0.15) is 10.2 Å². The maximum absolute atomic E-state index is 14.7. The first kappa shape index (κ1) is 45.6. The number of aromatic nitrogens is 5. The first-order valence-corrected chi connectivity index (χ1v) is 20.0. The van der Waals surface area contributed by atoms with Crippen LogP contribution in [0.25, 0.3) is 21.9 Å². The summed E-state index contributed by atoms with van der Waals surface area (Å²) in [7, 11) is 0. The number of aryl methyl sites for hydroxylation is 2. The average Bonchev–Trinajstić information content (AvgIpc) is 3.73. The summed E-state index contributed by atoms with van der Waals surface area (Å²) >= 11 is 0. The van der Waals surface area contributed by atoms with Crippen LogP contribution in [-0.4, -0.2) is 124 Å². The second-order valence-electron chi connectivity index (χ2n) is 15.1. The van der Waals surface area contributed by atoms with Crippen molar-refractivity contribution in [2.45, 2.75) is 53.2 Å². The van der Waals surface area contributed by atoms with Crippen molar-refractivity contribution in [3.8, 4) is 11.1 Å². The van der Waals surface area contributed by atoms with E-state index in [9.17, 15) is 28.4 Å². The van der Waals surface area contributed by atoms with Crippen molar-refractivity contribution in [3.05, 3.63) is 106 Å². The van der Waals surface area contributed by atoms with E-state index in [2.05, 4.69) is 36.2 Å². The highest BCUT2D eigenvalue weighted by atomic mass is 19.1. The molecule has 0 radical (unpaired) electrons. The van der Waals surface area contributed by atoms with E-state index < -0.39 is 23.4 Å². The number of hydrogen-bond acceptors (Lipinski definition) is 11. The van der Waals surface area contributed by atoms with Gasteiger partial charge in [-0.15, -0.1) is 0 Å². The number of halogens is 1. The van der Waals surface area contributed by atoms with Gasteiger partial charge >= 0.3 is 6.09 Å². The van der Waals surface area contributed by atoms with Crippen LogP contribution in [0.2, 0.25) is 0 Å². The van der Waals surface area contributed by atoms with Crippen LogP contribution in [0.4, 0.5) is 14.9 Å². The van der Waals surface area contributed by atoms with E-state index in [0.717, 1.165) is 23.4 Å². The molecule has 5 aromatic rings. The monoisotopic (exact) mass is 840 g/mol. The van der Waals surface area contributed by atoms with Crippen molar-refractivity contribution in [1.29, 1.82) is 0 Å². The number of amides is 4. The highest BCUT2D eigenvalue weighted by molar-refractivity contribution is 5.95. The molecular weight excluding hydrogens is 788 g/mol. The summed E-state index contributed by atoms with van der Waals surface area (Å²) in [6.07, 6.45) is 5.94. The molecule has 1 aliphatic heterocycles. The Morgan fingerprint density at radius 2 is 1.67 bits per heavy atom. The van der Waals surface area contributed by atoms with Crippen LogP contribution in [-0.2, 0) is 32.0 Å². The molecule has 1 aliphatic rings. The number of piperazine rings is 1. The number of hydrogen-bond donors (Lipinski definition) is 4. The molecule has 6 rings (SSSR count). The number of ether oxygens (including phenoxy) is 2. The van der Waals surface area contributed by atoms with Crippen molar-refractivity contribution >= 4 is 40.8 Å². The Balaban J connectivity index is 0.000000271. The molecule has 324 valence electrons. The molecule has 1 saturated heterocycles. The molecule has 0 saturated carbocycles. The fourth-order valence-electron chi connectivity index (χ4n) is 6.34. The van der Waals surface area contributed by atoms with Gasteiger partial charge in [-0.3, -0.25) is 34.2 Å². The number of pyridine rings is 1. The van der Waals surface area contributed by atoms with Gasteiger partial charge in [0.1, 0.15) is 11.4 Å². The van der Waals surface area contributed by atoms with E-state index in [0.29, 0.717) is 93.0 Å². The van der Waals surface area contributed by atoms with Gasteiger partial charge in [0.25, 0.3) is 11.5 Å². The second kappa shape index (κ2) is 21.6. The zero-order valence-corrected chi connectivity index (χ0v) is 35.1. The van der Waals surface area contributed by atoms with E-state index in [1.54, 1.807) is 40.4 Å². The van der Waals surface area contributed by atoms with Crippen LogP contribution < -0.4 is 21.5 Å². The van der Waals surface area contributed by atoms with Gasteiger partial charge in [-0.05, 0) is 64.4 Å². The SMILES string of the molecule is CCn1cc(-c2cnc(C)c(NC(=O)OC(C)(C)C)c2)cn1.O=CNCCOCCNCC(=O)N1CCN(C(=O)c2cc(Cc3n[nH]c(=O)c4ccccc34)ccc2F)CC1. The Morgan fingerprint density at radius 3 is 2.38 bits per heavy atom. The third kappa shape index (κ3) is 13.2. The summed E-state index contributed by atoms with van der Waals surface area (Å²) in [4.78, 5) is 67.3. The summed E-state index contributed by atoms with van der Waals surface area (Å²) in [5.41, 5.74) is 3.68. The Hall–Kier alpha value is -6.53. The predicted molar refractivity (Wildman–Crippen MR) is 228 cm³/mol. The molecule has 4 heterocycles. The van der Waals surface area contributed by atoms with Gasteiger partial charge < -0.3 is 29.9 Å². The lowest BCUT2D eigenvalue weighted by Gasteiger charge is -2.35. The number of fused-ring (bicyclic) bond motifs is 1. The van der Waals surface area contributed by atoms with Crippen LogP contribution in [0.1, 0.15) is 55.0 Å². The molecule has 0 spiro atoms. The minimum atomic E-state index is -0.616. The largest absolute Gasteiger partial charge is 0.444 e. The Morgan fingerprint density at radius 1 is 0.951 bits per heavy atom. The molecule has 17 nitrogen and oxygen atoms in total. The first-order chi connectivity index (χ1) is 29.3. The van der Waals surface area contributed by atoms with E-state index in [1.165, 1.54) is 12.1 Å².